The van der Waals surface area contributed by atoms with Crippen molar-refractivity contribution in [1.29, 1.82) is 0 Å². The van der Waals surface area contributed by atoms with Gasteiger partial charge in [0.2, 0.25) is 5.95 Å². The smallest absolute Gasteiger partial charge is 0.249 e. The Morgan fingerprint density at radius 1 is 1.28 bits per heavy atom. The molecule has 0 radical (unpaired) electrons. The van der Waals surface area contributed by atoms with Crippen molar-refractivity contribution >= 4 is 23.2 Å². The zero-order chi connectivity index (χ0) is 17.5. The van der Waals surface area contributed by atoms with Crippen molar-refractivity contribution in [3.8, 4) is 0 Å². The van der Waals surface area contributed by atoms with Gasteiger partial charge >= 0.3 is 0 Å². The fourth-order valence-corrected chi connectivity index (χ4v) is 2.87. The van der Waals surface area contributed by atoms with E-state index >= 15 is 0 Å². The molecule has 0 amide bonds. The van der Waals surface area contributed by atoms with E-state index in [4.69, 9.17) is 0 Å². The number of ketones is 1. The van der Waals surface area contributed by atoms with E-state index in [1.807, 2.05) is 12.1 Å². The van der Waals surface area contributed by atoms with Crippen molar-refractivity contribution in [1.82, 2.24) is 15.2 Å². The molecule has 6 heteroatoms. The summed E-state index contributed by atoms with van der Waals surface area (Å²) in [5.41, 5.74) is 2.94. The largest absolute Gasteiger partial charge is 0.368 e. The molecule has 6 nitrogen and oxygen atoms in total. The monoisotopic (exact) mass is 337 g/mol. The van der Waals surface area contributed by atoms with Crippen molar-refractivity contribution in [3.05, 3.63) is 47.7 Å². The Morgan fingerprint density at radius 3 is 3.00 bits per heavy atom. The van der Waals surface area contributed by atoms with Crippen molar-refractivity contribution < 1.29 is 4.79 Å². The van der Waals surface area contributed by atoms with Crippen LogP contribution in [0.2, 0.25) is 0 Å². The van der Waals surface area contributed by atoms with E-state index in [-0.39, 0.29) is 5.78 Å². The molecule has 1 aromatic carbocycles. The molecule has 0 aliphatic heterocycles. The molecule has 0 atom stereocenters. The number of hydrogen-bond acceptors (Lipinski definition) is 6. The average molecular weight is 337 g/mol. The lowest BCUT2D eigenvalue weighted by molar-refractivity contribution is 0.101. The highest BCUT2D eigenvalue weighted by atomic mass is 16.1. The zero-order valence-electron chi connectivity index (χ0n) is 14.5. The number of nitrogens with one attached hydrogen (secondary N) is 2. The minimum Gasteiger partial charge on any atom is -0.368 e. The maximum atomic E-state index is 11.5. The van der Waals surface area contributed by atoms with Gasteiger partial charge in [0, 0.05) is 17.8 Å². The van der Waals surface area contributed by atoms with Gasteiger partial charge in [-0.15, -0.1) is 5.10 Å². The number of carbonyl (C=O) groups is 1. The lowest BCUT2D eigenvalue weighted by Gasteiger charge is -2.13. The second-order valence-corrected chi connectivity index (χ2v) is 6.21. The van der Waals surface area contributed by atoms with E-state index in [0.29, 0.717) is 17.3 Å². The van der Waals surface area contributed by atoms with Gasteiger partial charge in [-0.2, -0.15) is 10.1 Å². The molecule has 1 aliphatic carbocycles. The van der Waals surface area contributed by atoms with Gasteiger partial charge in [-0.1, -0.05) is 23.8 Å². The van der Waals surface area contributed by atoms with Crippen LogP contribution in [-0.4, -0.2) is 27.5 Å². The van der Waals surface area contributed by atoms with Crippen LogP contribution in [0.5, 0.6) is 0 Å². The molecule has 25 heavy (non-hydrogen) atoms. The summed E-state index contributed by atoms with van der Waals surface area (Å²) in [4.78, 5) is 15.9. The number of benzene rings is 1. The topological polar surface area (TPSA) is 79.8 Å². The number of carbonyl (C=O) groups excluding carboxylic acids is 1. The summed E-state index contributed by atoms with van der Waals surface area (Å²) in [5, 5.41) is 14.4. The Balaban J connectivity index is 1.58. The Kier molecular flexibility index (Phi) is 5.72. The van der Waals surface area contributed by atoms with Crippen LogP contribution in [-0.2, 0) is 0 Å². The molecule has 2 N–H and O–H groups in total. The highest BCUT2D eigenvalue weighted by molar-refractivity contribution is 5.95. The van der Waals surface area contributed by atoms with Crippen LogP contribution in [0.4, 0.5) is 17.5 Å². The molecule has 0 saturated carbocycles. The second kappa shape index (κ2) is 8.37. The van der Waals surface area contributed by atoms with E-state index in [1.54, 1.807) is 25.3 Å². The van der Waals surface area contributed by atoms with E-state index in [9.17, 15) is 4.79 Å². The predicted octanol–water partition coefficient (Wildman–Crippen LogP) is 4.12. The van der Waals surface area contributed by atoms with Gasteiger partial charge in [0.25, 0.3) is 0 Å². The Hall–Kier alpha value is -2.76. The lowest BCUT2D eigenvalue weighted by Crippen LogP contribution is -2.08. The summed E-state index contributed by atoms with van der Waals surface area (Å²) in [6, 6.07) is 7.25. The highest BCUT2D eigenvalue weighted by Gasteiger charge is 2.06. The van der Waals surface area contributed by atoms with E-state index in [2.05, 4.69) is 31.9 Å². The molecule has 0 spiro atoms. The predicted molar refractivity (Wildman–Crippen MR) is 99.2 cm³/mol. The van der Waals surface area contributed by atoms with Crippen LogP contribution in [0.1, 0.15) is 49.4 Å². The van der Waals surface area contributed by atoms with Gasteiger partial charge in [0.15, 0.2) is 11.6 Å². The minimum absolute atomic E-state index is 0.0233. The SMILES string of the molecule is CC(=O)c1cccc(Nc2nncc(NCCC3=CCCCC3)n2)c1. The Labute approximate surface area is 147 Å². The van der Waals surface area contributed by atoms with Gasteiger partial charge < -0.3 is 10.6 Å². The van der Waals surface area contributed by atoms with E-state index in [0.717, 1.165) is 18.7 Å². The number of rotatable bonds is 7. The molecule has 1 heterocycles. The standard InChI is InChI=1S/C19H23N5O/c1-14(25)16-8-5-9-17(12-16)22-19-23-18(13-21-24-19)20-11-10-15-6-3-2-4-7-15/h5-6,8-9,12-13H,2-4,7,10-11H2,1H3,(H2,20,22,23,24). The lowest BCUT2D eigenvalue weighted by atomic mass is 9.97. The number of Topliss-reactive ketones (excluding diaryl/α,β-unsaturated/α-hetero) is 1. The fraction of sp³-hybridized carbons (Fsp3) is 0.368. The first-order chi connectivity index (χ1) is 12.2. The van der Waals surface area contributed by atoms with Crippen LogP contribution in [0, 0.1) is 0 Å². The van der Waals surface area contributed by atoms with Crippen LogP contribution in [0.25, 0.3) is 0 Å². The minimum atomic E-state index is 0.0233. The van der Waals surface area contributed by atoms with Gasteiger partial charge in [0.05, 0.1) is 6.20 Å². The van der Waals surface area contributed by atoms with Crippen molar-refractivity contribution in [2.45, 2.75) is 39.0 Å². The summed E-state index contributed by atoms with van der Waals surface area (Å²) < 4.78 is 0. The molecular formula is C19H23N5O. The number of nitrogens with zero attached hydrogens (tertiary/aromatic N) is 3. The number of allylic oxidation sites excluding steroid dienone is 1. The number of anilines is 3. The molecule has 0 bridgehead atoms. The van der Waals surface area contributed by atoms with Crippen molar-refractivity contribution in [3.63, 3.8) is 0 Å². The summed E-state index contributed by atoms with van der Waals surface area (Å²) in [5.74, 6) is 1.12. The molecule has 1 aromatic heterocycles. The number of aromatic nitrogens is 3. The Bertz CT molecular complexity index is 772. The molecule has 1 aliphatic rings. The third-order valence-corrected chi connectivity index (χ3v) is 4.22. The molecule has 0 saturated heterocycles. The highest BCUT2D eigenvalue weighted by Crippen LogP contribution is 2.20. The zero-order valence-corrected chi connectivity index (χ0v) is 14.5. The van der Waals surface area contributed by atoms with Gasteiger partial charge in [-0.25, -0.2) is 0 Å². The average Bonchev–Trinajstić information content (AvgIpc) is 2.63. The molecule has 130 valence electrons. The van der Waals surface area contributed by atoms with Crippen LogP contribution in [0.15, 0.2) is 42.1 Å². The van der Waals surface area contributed by atoms with Crippen LogP contribution in [0.3, 0.4) is 0 Å². The van der Waals surface area contributed by atoms with Gasteiger partial charge in [-0.3, -0.25) is 4.79 Å². The normalized spacial score (nSPS) is 13.9. The fourth-order valence-electron chi connectivity index (χ4n) is 2.87. The summed E-state index contributed by atoms with van der Waals surface area (Å²) in [6.45, 7) is 2.38. The maximum absolute atomic E-state index is 11.5. The molecule has 0 fully saturated rings. The van der Waals surface area contributed by atoms with Gasteiger partial charge in [-0.05, 0) is 51.2 Å². The molecule has 0 unspecified atom stereocenters. The van der Waals surface area contributed by atoms with Crippen LogP contribution >= 0.6 is 0 Å². The third kappa shape index (κ3) is 5.11. The summed E-state index contributed by atoms with van der Waals surface area (Å²) >= 11 is 0. The second-order valence-electron chi connectivity index (χ2n) is 6.21. The van der Waals surface area contributed by atoms with Crippen molar-refractivity contribution in [2.24, 2.45) is 0 Å². The maximum Gasteiger partial charge on any atom is 0.249 e. The molecular weight excluding hydrogens is 314 g/mol. The first-order valence-corrected chi connectivity index (χ1v) is 8.70. The summed E-state index contributed by atoms with van der Waals surface area (Å²) in [6.07, 6.45) is 10.0. The van der Waals surface area contributed by atoms with Crippen molar-refractivity contribution in [2.75, 3.05) is 17.2 Å². The third-order valence-electron chi connectivity index (χ3n) is 4.22. The first kappa shape index (κ1) is 17.1. The molecule has 2 aromatic rings. The number of hydrogen-bond donors (Lipinski definition) is 2. The summed E-state index contributed by atoms with van der Waals surface area (Å²) in [7, 11) is 0. The van der Waals surface area contributed by atoms with Gasteiger partial charge in [0.1, 0.15) is 0 Å². The van der Waals surface area contributed by atoms with Crippen LogP contribution < -0.4 is 10.6 Å². The Morgan fingerprint density at radius 2 is 2.20 bits per heavy atom. The van der Waals surface area contributed by atoms with E-state index < -0.39 is 0 Å². The van der Waals surface area contributed by atoms with E-state index in [1.165, 1.54) is 31.3 Å². The first-order valence-electron chi connectivity index (χ1n) is 8.70. The molecule has 3 rings (SSSR count). The quantitative estimate of drug-likeness (QED) is 0.584.